The lowest BCUT2D eigenvalue weighted by atomic mass is 10.2. The molecule has 0 unspecified atom stereocenters. The molecule has 0 saturated carbocycles. The van der Waals surface area contributed by atoms with Crippen LogP contribution in [0.15, 0.2) is 29.4 Å². The summed E-state index contributed by atoms with van der Waals surface area (Å²) >= 11 is 0. The number of phenolic OH excluding ortho intramolecular Hbond substituents is 1. The molecular weight excluding hydrogens is 246 g/mol. The zero-order valence-electron chi connectivity index (χ0n) is 10.9. The molecule has 0 radical (unpaired) electrons. The van der Waals surface area contributed by atoms with Crippen molar-refractivity contribution < 1.29 is 14.7 Å². The van der Waals surface area contributed by atoms with Crippen molar-refractivity contribution in [2.45, 2.75) is 26.3 Å². The van der Waals surface area contributed by atoms with Crippen LogP contribution >= 0.6 is 0 Å². The van der Waals surface area contributed by atoms with Gasteiger partial charge < -0.3 is 10.4 Å². The number of benzene rings is 1. The van der Waals surface area contributed by atoms with Crippen LogP contribution in [0.5, 0.6) is 5.75 Å². The van der Waals surface area contributed by atoms with E-state index in [0.29, 0.717) is 5.56 Å². The van der Waals surface area contributed by atoms with Gasteiger partial charge in [-0.15, -0.1) is 0 Å². The van der Waals surface area contributed by atoms with E-state index in [4.69, 9.17) is 0 Å². The molecule has 0 saturated heterocycles. The van der Waals surface area contributed by atoms with Gasteiger partial charge in [-0.2, -0.15) is 5.10 Å². The van der Waals surface area contributed by atoms with Gasteiger partial charge in [0.2, 0.25) is 11.8 Å². The second kappa shape index (κ2) is 7.15. The zero-order valence-corrected chi connectivity index (χ0v) is 10.9. The molecule has 0 spiro atoms. The molecule has 0 aliphatic rings. The van der Waals surface area contributed by atoms with Gasteiger partial charge in [0.1, 0.15) is 12.2 Å². The molecule has 102 valence electrons. The smallest absolute Gasteiger partial charge is 0.249 e. The van der Waals surface area contributed by atoms with Gasteiger partial charge in [0.25, 0.3) is 0 Å². The van der Waals surface area contributed by atoms with Gasteiger partial charge in [0.05, 0.1) is 6.21 Å². The fourth-order valence-corrected chi connectivity index (χ4v) is 1.33. The Labute approximate surface area is 111 Å². The van der Waals surface area contributed by atoms with Crippen LogP contribution in [-0.4, -0.2) is 29.2 Å². The average molecular weight is 263 g/mol. The van der Waals surface area contributed by atoms with Crippen molar-refractivity contribution in [3.05, 3.63) is 29.8 Å². The molecule has 2 amide bonds. The number of nitrogens with one attached hydrogen (secondary N) is 2. The first kappa shape index (κ1) is 14.7. The number of amides is 2. The number of carbonyl (C=O) groups is 2. The maximum Gasteiger partial charge on any atom is 0.249 e. The second-order valence-corrected chi connectivity index (χ2v) is 4.25. The van der Waals surface area contributed by atoms with Crippen LogP contribution in [0.25, 0.3) is 0 Å². The second-order valence-electron chi connectivity index (χ2n) is 4.25. The molecule has 6 nitrogen and oxygen atoms in total. The van der Waals surface area contributed by atoms with Crippen LogP contribution < -0.4 is 10.7 Å². The molecule has 1 rings (SSSR count). The standard InChI is InChI=1S/C13H17N3O3/c1-9(2)15-12(18)7-13(19)16-14-8-10-5-3-4-6-11(10)17/h3-6,8-9,17H,7H2,1-2H3,(H,15,18)(H,16,19). The number of carbonyl (C=O) groups excluding carboxylic acids is 2. The number of hydrazone groups is 1. The third-order valence-corrected chi connectivity index (χ3v) is 2.10. The van der Waals surface area contributed by atoms with E-state index >= 15 is 0 Å². The van der Waals surface area contributed by atoms with Crippen molar-refractivity contribution >= 4 is 18.0 Å². The number of aromatic hydroxyl groups is 1. The van der Waals surface area contributed by atoms with Crippen molar-refractivity contribution in [3.8, 4) is 5.75 Å². The van der Waals surface area contributed by atoms with Gasteiger partial charge >= 0.3 is 0 Å². The Kier molecular flexibility index (Phi) is 5.53. The van der Waals surface area contributed by atoms with E-state index in [0.717, 1.165) is 0 Å². The number of hydrogen-bond donors (Lipinski definition) is 3. The van der Waals surface area contributed by atoms with Gasteiger partial charge in [-0.1, -0.05) is 12.1 Å². The summed E-state index contributed by atoms with van der Waals surface area (Å²) in [7, 11) is 0. The Balaban J connectivity index is 2.42. The summed E-state index contributed by atoms with van der Waals surface area (Å²) in [6.07, 6.45) is 1.03. The monoisotopic (exact) mass is 263 g/mol. The van der Waals surface area contributed by atoms with Crippen LogP contribution in [0.3, 0.4) is 0 Å². The van der Waals surface area contributed by atoms with Crippen LogP contribution in [0.1, 0.15) is 25.8 Å². The lowest BCUT2D eigenvalue weighted by Crippen LogP contribution is -2.34. The van der Waals surface area contributed by atoms with Crippen molar-refractivity contribution in [1.29, 1.82) is 0 Å². The lowest BCUT2D eigenvalue weighted by molar-refractivity contribution is -0.129. The summed E-state index contributed by atoms with van der Waals surface area (Å²) in [4.78, 5) is 22.6. The number of nitrogens with zero attached hydrogens (tertiary/aromatic N) is 1. The zero-order chi connectivity index (χ0) is 14.3. The Morgan fingerprint density at radius 1 is 1.32 bits per heavy atom. The van der Waals surface area contributed by atoms with Crippen LogP contribution in [0.4, 0.5) is 0 Å². The minimum atomic E-state index is -0.509. The Hall–Kier alpha value is -2.37. The van der Waals surface area contributed by atoms with Crippen molar-refractivity contribution in [2.24, 2.45) is 5.10 Å². The van der Waals surface area contributed by atoms with Crippen molar-refractivity contribution in [1.82, 2.24) is 10.7 Å². The molecule has 6 heteroatoms. The molecular formula is C13H17N3O3. The molecule has 0 aliphatic carbocycles. The SMILES string of the molecule is CC(C)NC(=O)CC(=O)NN=Cc1ccccc1O. The minimum absolute atomic E-state index is 0.00920. The van der Waals surface area contributed by atoms with Crippen molar-refractivity contribution in [3.63, 3.8) is 0 Å². The summed E-state index contributed by atoms with van der Waals surface area (Å²) in [6, 6.07) is 6.57. The molecule has 0 atom stereocenters. The first-order chi connectivity index (χ1) is 8.99. The van der Waals surface area contributed by atoms with Gasteiger partial charge in [-0.25, -0.2) is 5.43 Å². The van der Waals surface area contributed by atoms with Crippen LogP contribution in [-0.2, 0) is 9.59 Å². The molecule has 1 aromatic carbocycles. The van der Waals surface area contributed by atoms with Gasteiger partial charge in [0.15, 0.2) is 0 Å². The third kappa shape index (κ3) is 5.67. The van der Waals surface area contributed by atoms with E-state index in [9.17, 15) is 14.7 Å². The summed E-state index contributed by atoms with van der Waals surface area (Å²) in [5, 5.41) is 15.7. The normalized spacial score (nSPS) is 10.7. The van der Waals surface area contributed by atoms with E-state index in [-0.39, 0.29) is 24.1 Å². The number of hydrogen-bond acceptors (Lipinski definition) is 4. The summed E-state index contributed by atoms with van der Waals surface area (Å²) in [5.41, 5.74) is 2.70. The van der Waals surface area contributed by atoms with Crippen LogP contribution in [0, 0.1) is 0 Å². The highest BCUT2D eigenvalue weighted by Gasteiger charge is 2.09. The van der Waals surface area contributed by atoms with E-state index in [1.165, 1.54) is 12.3 Å². The van der Waals surface area contributed by atoms with E-state index in [1.807, 2.05) is 13.8 Å². The average Bonchev–Trinajstić information content (AvgIpc) is 2.30. The predicted molar refractivity (Wildman–Crippen MR) is 71.7 cm³/mol. The van der Waals surface area contributed by atoms with E-state index in [1.54, 1.807) is 18.2 Å². The highest BCUT2D eigenvalue weighted by atomic mass is 16.3. The van der Waals surface area contributed by atoms with Gasteiger partial charge in [0, 0.05) is 11.6 Å². The highest BCUT2D eigenvalue weighted by Crippen LogP contribution is 2.12. The number of rotatable bonds is 5. The fourth-order valence-electron chi connectivity index (χ4n) is 1.33. The molecule has 0 aromatic heterocycles. The Morgan fingerprint density at radius 3 is 2.63 bits per heavy atom. The molecule has 0 aliphatic heterocycles. The lowest BCUT2D eigenvalue weighted by Gasteiger charge is -2.06. The van der Waals surface area contributed by atoms with E-state index in [2.05, 4.69) is 15.8 Å². The molecule has 1 aromatic rings. The highest BCUT2D eigenvalue weighted by molar-refractivity contribution is 5.97. The molecule has 0 heterocycles. The predicted octanol–water partition coefficient (Wildman–Crippen LogP) is 0.757. The number of para-hydroxylation sites is 1. The van der Waals surface area contributed by atoms with Crippen LogP contribution in [0.2, 0.25) is 0 Å². The van der Waals surface area contributed by atoms with E-state index < -0.39 is 5.91 Å². The largest absolute Gasteiger partial charge is 0.507 e. The quantitative estimate of drug-likeness (QED) is 0.416. The summed E-state index contributed by atoms with van der Waals surface area (Å²) in [5.74, 6) is -0.798. The number of phenols is 1. The maximum absolute atomic E-state index is 11.4. The fraction of sp³-hybridized carbons (Fsp3) is 0.308. The molecule has 0 fully saturated rings. The first-order valence-corrected chi connectivity index (χ1v) is 5.88. The Morgan fingerprint density at radius 2 is 2.00 bits per heavy atom. The van der Waals surface area contributed by atoms with Crippen molar-refractivity contribution in [2.75, 3.05) is 0 Å². The van der Waals surface area contributed by atoms with Gasteiger partial charge in [-0.3, -0.25) is 9.59 Å². The summed E-state index contributed by atoms with van der Waals surface area (Å²) < 4.78 is 0. The first-order valence-electron chi connectivity index (χ1n) is 5.88. The summed E-state index contributed by atoms with van der Waals surface area (Å²) in [6.45, 7) is 3.62. The maximum atomic E-state index is 11.4. The van der Waals surface area contributed by atoms with Gasteiger partial charge in [-0.05, 0) is 26.0 Å². The third-order valence-electron chi connectivity index (χ3n) is 2.10. The Bertz CT molecular complexity index is 484. The minimum Gasteiger partial charge on any atom is -0.507 e. The molecule has 0 bridgehead atoms. The topological polar surface area (TPSA) is 90.8 Å². The molecule has 3 N–H and O–H groups in total. The molecule has 19 heavy (non-hydrogen) atoms.